The van der Waals surface area contributed by atoms with Gasteiger partial charge in [0.25, 0.3) is 0 Å². The van der Waals surface area contributed by atoms with Gasteiger partial charge in [0.2, 0.25) is 5.91 Å². The summed E-state index contributed by atoms with van der Waals surface area (Å²) >= 11 is 0. The number of unbranched alkanes of at least 4 members (excludes halogenated alkanes) is 2. The summed E-state index contributed by atoms with van der Waals surface area (Å²) in [6, 6.07) is 0.815. The predicted octanol–water partition coefficient (Wildman–Crippen LogP) is 2.44. The zero-order valence-corrected chi connectivity index (χ0v) is 12.7. The van der Waals surface area contributed by atoms with E-state index in [-0.39, 0.29) is 5.91 Å². The van der Waals surface area contributed by atoms with Gasteiger partial charge in [0, 0.05) is 19.0 Å². The van der Waals surface area contributed by atoms with Gasteiger partial charge in [-0.05, 0) is 38.1 Å². The van der Waals surface area contributed by atoms with E-state index < -0.39 is 0 Å². The minimum Gasteiger partial charge on any atom is -0.300 e. The van der Waals surface area contributed by atoms with Gasteiger partial charge >= 0.3 is 0 Å². The first-order valence-corrected chi connectivity index (χ1v) is 7.87. The zero-order chi connectivity index (χ0) is 14.1. The molecule has 0 saturated heterocycles. The molecule has 0 bridgehead atoms. The summed E-state index contributed by atoms with van der Waals surface area (Å²) in [5.41, 5.74) is 2.19. The topological polar surface area (TPSA) is 58.4 Å². The highest BCUT2D eigenvalue weighted by atomic mass is 16.2. The van der Waals surface area contributed by atoms with E-state index in [1.807, 2.05) is 0 Å². The monoisotopic (exact) mass is 269 g/mol. The van der Waals surface area contributed by atoms with Crippen molar-refractivity contribution in [1.29, 1.82) is 0 Å². The minimum atomic E-state index is -0.0465. The smallest absolute Gasteiger partial charge is 0.233 e. The Hall–Kier alpha value is -0.610. The van der Waals surface area contributed by atoms with Crippen LogP contribution in [0.1, 0.15) is 65.2 Å². The molecule has 0 aromatic carbocycles. The number of nitrogens with one attached hydrogen (secondary N) is 1. The Morgan fingerprint density at radius 2 is 1.95 bits per heavy atom. The first-order chi connectivity index (χ1) is 9.13. The largest absolute Gasteiger partial charge is 0.300 e. The molecule has 1 saturated carbocycles. The fourth-order valence-corrected chi connectivity index (χ4v) is 3.01. The Bertz CT molecular complexity index is 250. The van der Waals surface area contributed by atoms with E-state index in [0.29, 0.717) is 6.42 Å². The molecule has 1 amide bonds. The number of nitrogens with two attached hydrogens (primary N) is 1. The molecule has 0 heterocycles. The molecule has 1 aliphatic rings. The highest BCUT2D eigenvalue weighted by Gasteiger charge is 2.22. The first kappa shape index (κ1) is 16.4. The Morgan fingerprint density at radius 1 is 1.26 bits per heavy atom. The van der Waals surface area contributed by atoms with Crippen LogP contribution in [-0.2, 0) is 4.79 Å². The van der Waals surface area contributed by atoms with Crippen LogP contribution in [0.25, 0.3) is 0 Å². The maximum absolute atomic E-state index is 11.0. The van der Waals surface area contributed by atoms with Crippen LogP contribution in [0.3, 0.4) is 0 Å². The first-order valence-electron chi connectivity index (χ1n) is 7.87. The Morgan fingerprint density at radius 3 is 2.53 bits per heavy atom. The fraction of sp³-hybridized carbons (Fsp3) is 0.933. The van der Waals surface area contributed by atoms with Crippen molar-refractivity contribution in [1.82, 2.24) is 10.3 Å². The summed E-state index contributed by atoms with van der Waals surface area (Å²) < 4.78 is 0. The number of hydrazine groups is 1. The molecule has 4 heteroatoms. The molecule has 4 nitrogen and oxygen atoms in total. The molecule has 1 fully saturated rings. The van der Waals surface area contributed by atoms with Crippen molar-refractivity contribution >= 4 is 5.91 Å². The molecular weight excluding hydrogens is 238 g/mol. The lowest BCUT2D eigenvalue weighted by Crippen LogP contribution is -2.37. The molecule has 0 aromatic heterocycles. The van der Waals surface area contributed by atoms with Crippen LogP contribution in [0.15, 0.2) is 0 Å². The number of carbonyl (C=O) groups is 1. The van der Waals surface area contributed by atoms with Crippen molar-refractivity contribution in [2.45, 2.75) is 71.3 Å². The van der Waals surface area contributed by atoms with Gasteiger partial charge < -0.3 is 4.90 Å². The second-order valence-corrected chi connectivity index (χ2v) is 6.21. The Balaban J connectivity index is 2.19. The van der Waals surface area contributed by atoms with E-state index in [1.54, 1.807) is 0 Å². The second kappa shape index (κ2) is 9.32. The van der Waals surface area contributed by atoms with Gasteiger partial charge in [0.15, 0.2) is 0 Å². The normalized spacial score (nSPS) is 16.5. The maximum atomic E-state index is 11.0. The van der Waals surface area contributed by atoms with E-state index in [9.17, 15) is 4.79 Å². The number of hydrogen-bond donors (Lipinski definition) is 2. The molecule has 0 aliphatic heterocycles. The van der Waals surface area contributed by atoms with Crippen molar-refractivity contribution in [3.63, 3.8) is 0 Å². The van der Waals surface area contributed by atoms with E-state index in [1.165, 1.54) is 45.2 Å². The summed E-state index contributed by atoms with van der Waals surface area (Å²) in [4.78, 5) is 13.7. The third-order valence-corrected chi connectivity index (χ3v) is 3.95. The predicted molar refractivity (Wildman–Crippen MR) is 79.5 cm³/mol. The lowest BCUT2D eigenvalue weighted by atomic mass is 10.1. The van der Waals surface area contributed by atoms with Gasteiger partial charge in [-0.25, -0.2) is 5.84 Å². The number of hydrogen-bond acceptors (Lipinski definition) is 3. The van der Waals surface area contributed by atoms with Gasteiger partial charge in [0.05, 0.1) is 0 Å². The average Bonchev–Trinajstić information content (AvgIpc) is 2.90. The molecule has 0 atom stereocenters. The molecule has 0 radical (unpaired) electrons. The van der Waals surface area contributed by atoms with Gasteiger partial charge in [-0.1, -0.05) is 33.1 Å². The zero-order valence-electron chi connectivity index (χ0n) is 12.7. The minimum absolute atomic E-state index is 0.0465. The highest BCUT2D eigenvalue weighted by molar-refractivity contribution is 5.74. The number of nitrogens with zero attached hydrogens (tertiary/aromatic N) is 1. The number of carbonyl (C=O) groups excluding carboxylic acids is 1. The molecule has 3 N–H and O–H groups in total. The Kier molecular flexibility index (Phi) is 8.07. The average molecular weight is 269 g/mol. The Labute approximate surface area is 118 Å². The summed E-state index contributed by atoms with van der Waals surface area (Å²) in [6.45, 7) is 7.00. The third-order valence-electron chi connectivity index (χ3n) is 3.95. The van der Waals surface area contributed by atoms with Crippen LogP contribution < -0.4 is 11.3 Å². The van der Waals surface area contributed by atoms with Crippen LogP contribution in [-0.4, -0.2) is 29.9 Å². The molecule has 0 unspecified atom stereocenters. The fourth-order valence-electron chi connectivity index (χ4n) is 3.01. The van der Waals surface area contributed by atoms with Crippen LogP contribution in [0.5, 0.6) is 0 Å². The number of rotatable bonds is 9. The molecule has 1 rings (SSSR count). The standard InChI is InChI=1S/C15H31N3O/c1-13(2)12-18(14-8-5-6-9-14)11-7-3-4-10-15(19)17-16/h13-14H,3-12,16H2,1-2H3,(H,17,19). The quantitative estimate of drug-likeness (QED) is 0.292. The van der Waals surface area contributed by atoms with Crippen molar-refractivity contribution < 1.29 is 4.79 Å². The SMILES string of the molecule is CC(C)CN(CCCCCC(=O)NN)C1CCCC1. The lowest BCUT2D eigenvalue weighted by Gasteiger charge is -2.30. The molecule has 19 heavy (non-hydrogen) atoms. The van der Waals surface area contributed by atoms with Crippen LogP contribution in [0.2, 0.25) is 0 Å². The van der Waals surface area contributed by atoms with E-state index in [4.69, 9.17) is 5.84 Å². The summed E-state index contributed by atoms with van der Waals surface area (Å²) in [7, 11) is 0. The van der Waals surface area contributed by atoms with Crippen molar-refractivity contribution in [3.05, 3.63) is 0 Å². The van der Waals surface area contributed by atoms with Crippen molar-refractivity contribution in [2.75, 3.05) is 13.1 Å². The van der Waals surface area contributed by atoms with E-state index in [0.717, 1.165) is 24.8 Å². The summed E-state index contributed by atoms with van der Waals surface area (Å²) in [6.07, 6.45) is 9.37. The molecule has 112 valence electrons. The lowest BCUT2D eigenvalue weighted by molar-refractivity contribution is -0.121. The van der Waals surface area contributed by atoms with E-state index in [2.05, 4.69) is 24.2 Å². The van der Waals surface area contributed by atoms with Crippen molar-refractivity contribution in [3.8, 4) is 0 Å². The molecule has 0 spiro atoms. The highest BCUT2D eigenvalue weighted by Crippen LogP contribution is 2.24. The van der Waals surface area contributed by atoms with Crippen LogP contribution >= 0.6 is 0 Å². The van der Waals surface area contributed by atoms with Gasteiger partial charge in [-0.3, -0.25) is 10.2 Å². The van der Waals surface area contributed by atoms with Crippen LogP contribution in [0, 0.1) is 5.92 Å². The summed E-state index contributed by atoms with van der Waals surface area (Å²) in [5.74, 6) is 5.76. The maximum Gasteiger partial charge on any atom is 0.233 e. The molecule has 1 aliphatic carbocycles. The van der Waals surface area contributed by atoms with Gasteiger partial charge in [-0.15, -0.1) is 0 Å². The molecule has 0 aromatic rings. The summed E-state index contributed by atoms with van der Waals surface area (Å²) in [5, 5.41) is 0. The number of amides is 1. The van der Waals surface area contributed by atoms with Gasteiger partial charge in [-0.2, -0.15) is 0 Å². The third kappa shape index (κ3) is 6.92. The second-order valence-electron chi connectivity index (χ2n) is 6.21. The van der Waals surface area contributed by atoms with Gasteiger partial charge in [0.1, 0.15) is 0 Å². The van der Waals surface area contributed by atoms with Crippen LogP contribution in [0.4, 0.5) is 0 Å². The van der Waals surface area contributed by atoms with Crippen molar-refractivity contribution in [2.24, 2.45) is 11.8 Å². The molecular formula is C15H31N3O. The van der Waals surface area contributed by atoms with E-state index >= 15 is 0 Å².